The number of nitrogens with zero attached hydrogens (tertiary/aromatic N) is 4. The Balaban J connectivity index is 0.775. The summed E-state index contributed by atoms with van der Waals surface area (Å²) in [6, 6.07) is 137. The van der Waals surface area contributed by atoms with Crippen LogP contribution in [-0.2, 0) is 16.2 Å². The summed E-state index contributed by atoms with van der Waals surface area (Å²) in [5, 5.41) is 10.1. The van der Waals surface area contributed by atoms with E-state index in [0.29, 0.717) is 0 Å². The van der Waals surface area contributed by atoms with E-state index in [1.807, 2.05) is 22.7 Å². The molecule has 534 valence electrons. The van der Waals surface area contributed by atoms with Gasteiger partial charge in [-0.2, -0.15) is 0 Å². The molecule has 0 fully saturated rings. The number of fused-ring (bicyclic) bond motifs is 36. The van der Waals surface area contributed by atoms with Crippen LogP contribution in [0.4, 0.5) is 34.1 Å². The standard InChI is InChI=1S/C108H67BN4S2/c1-106(2,3)62-54-97-105-98(55-62)113(94-49-25-43-86-104(94)76-35-9-19-41-84(76)108(86)81-38-16-6-28-67(81)68-29-7-17-39-82(68)108)96-59-78-74-53-51-64(111-91-46-22-12-32-71(91)72-33-13-23-47-92(72)111)57-100(74)115-102(78)61-88(96)109(105)87-60-101-77(73-52-50-63(56-99(73)114-101)110-89-44-20-10-30-69(89)70-31-11-21-45-90(70)110)58-95(87)112(97)93-48-24-42-85-103(93)75-34-8-18-40-83(75)107(85)79-36-14-4-26-65(79)66-27-5-15-37-80(66)107/h4-61H,1-3H3. The van der Waals surface area contributed by atoms with Gasteiger partial charge in [-0.1, -0.05) is 276 Å². The summed E-state index contributed by atoms with van der Waals surface area (Å²) in [6.07, 6.45) is 0. The molecule has 0 N–H and O–H groups in total. The van der Waals surface area contributed by atoms with E-state index in [9.17, 15) is 0 Å². The average Bonchev–Trinajstić information content (AvgIpc) is 1.53. The fourth-order valence-corrected chi connectivity index (χ4v) is 25.1. The van der Waals surface area contributed by atoms with E-state index in [0.717, 1.165) is 11.4 Å². The lowest BCUT2D eigenvalue weighted by molar-refractivity contribution is 0.590. The number of hydrogen-bond acceptors (Lipinski definition) is 4. The Labute approximate surface area is 672 Å². The average molecular weight is 1500 g/mol. The van der Waals surface area contributed by atoms with Crippen LogP contribution in [0.5, 0.6) is 0 Å². The number of thiophene rings is 2. The molecule has 6 aliphatic rings. The zero-order valence-corrected chi connectivity index (χ0v) is 64.8. The van der Waals surface area contributed by atoms with Gasteiger partial charge in [0, 0.05) is 107 Å². The molecule has 2 aliphatic heterocycles. The first-order chi connectivity index (χ1) is 56.7. The summed E-state index contributed by atoms with van der Waals surface area (Å²) >= 11 is 3.87. The number of benzene rings is 17. The van der Waals surface area contributed by atoms with Crippen LogP contribution in [0.2, 0.25) is 0 Å². The quantitative estimate of drug-likeness (QED) is 0.163. The van der Waals surface area contributed by atoms with Crippen LogP contribution in [-0.4, -0.2) is 15.8 Å². The highest BCUT2D eigenvalue weighted by Gasteiger charge is 2.56. The van der Waals surface area contributed by atoms with Crippen molar-refractivity contribution >= 4 is 164 Å². The molecular formula is C108H67BN4S2. The highest BCUT2D eigenvalue weighted by molar-refractivity contribution is 7.26. The molecule has 115 heavy (non-hydrogen) atoms. The van der Waals surface area contributed by atoms with Crippen molar-refractivity contribution in [1.29, 1.82) is 0 Å². The molecule has 7 heteroatoms. The third-order valence-corrected chi connectivity index (χ3v) is 29.5. The number of hydrogen-bond donors (Lipinski definition) is 0. The first-order valence-corrected chi connectivity index (χ1v) is 42.0. The largest absolute Gasteiger partial charge is 0.311 e. The third-order valence-electron chi connectivity index (χ3n) is 27.2. The minimum absolute atomic E-state index is 0.213. The molecule has 0 atom stereocenters. The lowest BCUT2D eigenvalue weighted by atomic mass is 9.33. The van der Waals surface area contributed by atoms with Crippen molar-refractivity contribution in [2.45, 2.75) is 37.0 Å². The molecule has 21 aromatic rings. The summed E-state index contributed by atoms with van der Waals surface area (Å²) in [7, 11) is 0. The summed E-state index contributed by atoms with van der Waals surface area (Å²) in [6.45, 7) is 7.06. The van der Waals surface area contributed by atoms with Crippen LogP contribution in [0.15, 0.2) is 352 Å². The maximum absolute atomic E-state index is 2.78. The second-order valence-corrected chi connectivity index (χ2v) is 35.7. The molecule has 0 bridgehead atoms. The monoisotopic (exact) mass is 1490 g/mol. The van der Waals surface area contributed by atoms with Gasteiger partial charge in [0.1, 0.15) is 0 Å². The van der Waals surface area contributed by atoms with Crippen molar-refractivity contribution < 1.29 is 0 Å². The Morgan fingerprint density at radius 3 is 0.930 bits per heavy atom. The van der Waals surface area contributed by atoms with E-state index in [2.05, 4.69) is 392 Å². The summed E-state index contributed by atoms with van der Waals surface area (Å²) < 4.78 is 10.0. The van der Waals surface area contributed by atoms with E-state index in [-0.39, 0.29) is 12.1 Å². The number of aromatic nitrogens is 2. The number of anilines is 6. The van der Waals surface area contributed by atoms with Gasteiger partial charge in [0.25, 0.3) is 6.71 Å². The number of para-hydroxylation sites is 4. The van der Waals surface area contributed by atoms with E-state index >= 15 is 0 Å². The second-order valence-electron chi connectivity index (χ2n) is 33.6. The second kappa shape index (κ2) is 22.2. The lowest BCUT2D eigenvalue weighted by Crippen LogP contribution is -2.61. The predicted molar refractivity (Wildman–Crippen MR) is 486 cm³/mol. The van der Waals surface area contributed by atoms with Crippen LogP contribution in [0, 0.1) is 0 Å². The molecule has 0 saturated carbocycles. The molecule has 4 nitrogen and oxygen atoms in total. The molecule has 17 aromatic carbocycles. The maximum Gasteiger partial charge on any atom is 0.252 e. The fraction of sp³-hybridized carbons (Fsp3) is 0.0556. The van der Waals surface area contributed by atoms with Crippen molar-refractivity contribution in [3.05, 3.63) is 402 Å². The van der Waals surface area contributed by atoms with Gasteiger partial charge >= 0.3 is 0 Å². The molecular weight excluding hydrogens is 1430 g/mol. The zero-order valence-electron chi connectivity index (χ0n) is 63.2. The smallest absolute Gasteiger partial charge is 0.252 e. The molecule has 27 rings (SSSR count). The van der Waals surface area contributed by atoms with Gasteiger partial charge in [0.15, 0.2) is 0 Å². The van der Waals surface area contributed by atoms with E-state index < -0.39 is 10.8 Å². The van der Waals surface area contributed by atoms with E-state index in [1.54, 1.807) is 0 Å². The van der Waals surface area contributed by atoms with Gasteiger partial charge in [-0.3, -0.25) is 0 Å². The van der Waals surface area contributed by atoms with Gasteiger partial charge in [-0.25, -0.2) is 0 Å². The predicted octanol–water partition coefficient (Wildman–Crippen LogP) is 26.7. The van der Waals surface area contributed by atoms with Crippen molar-refractivity contribution in [2.24, 2.45) is 0 Å². The normalized spacial score (nSPS) is 14.5. The Hall–Kier alpha value is -13.6. The van der Waals surface area contributed by atoms with Gasteiger partial charge in [-0.05, 0) is 202 Å². The Morgan fingerprint density at radius 2 is 0.565 bits per heavy atom. The Morgan fingerprint density at radius 1 is 0.252 bits per heavy atom. The molecule has 4 aliphatic carbocycles. The Kier molecular flexibility index (Phi) is 12.2. The van der Waals surface area contributed by atoms with Crippen molar-refractivity contribution in [3.8, 4) is 55.9 Å². The molecule has 2 spiro atoms. The molecule has 0 saturated heterocycles. The zero-order chi connectivity index (χ0) is 75.2. The van der Waals surface area contributed by atoms with Gasteiger partial charge in [0.2, 0.25) is 0 Å². The maximum atomic E-state index is 2.78. The van der Waals surface area contributed by atoms with Gasteiger partial charge in [-0.15, -0.1) is 22.7 Å². The SMILES string of the molecule is CC(C)(C)c1cc2c3c(c1)N(c1cccc4c1-c1ccccc1C41c4ccccc4-c4ccccc41)c1cc4c(cc1B3c1cc3sc5cc(-n6c7ccccc7c7ccccc76)ccc5c3cc1N2c1cccc2c1-c1ccccc1C21c2ccccc2-c2ccccc21)sc1cc(-n2c3ccccc3c3ccccc32)ccc14. The summed E-state index contributed by atoms with van der Waals surface area (Å²) in [5.74, 6) is 0. The summed E-state index contributed by atoms with van der Waals surface area (Å²) in [5.41, 5.74) is 39.0. The minimum atomic E-state index is -0.568. The van der Waals surface area contributed by atoms with Crippen LogP contribution < -0.4 is 26.2 Å². The van der Waals surface area contributed by atoms with Crippen LogP contribution in [0.1, 0.15) is 70.8 Å². The molecule has 0 unspecified atom stereocenters. The first-order valence-electron chi connectivity index (χ1n) is 40.3. The van der Waals surface area contributed by atoms with Crippen molar-refractivity contribution in [3.63, 3.8) is 0 Å². The minimum Gasteiger partial charge on any atom is -0.311 e. The van der Waals surface area contributed by atoms with Crippen molar-refractivity contribution in [1.82, 2.24) is 9.13 Å². The molecule has 0 amide bonds. The molecule has 4 aromatic heterocycles. The van der Waals surface area contributed by atoms with Crippen LogP contribution in [0.25, 0.3) is 140 Å². The van der Waals surface area contributed by atoms with Gasteiger partial charge in [0.05, 0.1) is 44.3 Å². The highest BCUT2D eigenvalue weighted by Crippen LogP contribution is 2.68. The van der Waals surface area contributed by atoms with Crippen molar-refractivity contribution in [2.75, 3.05) is 9.80 Å². The van der Waals surface area contributed by atoms with Gasteiger partial charge < -0.3 is 18.9 Å². The third kappa shape index (κ3) is 7.84. The molecule has 6 heterocycles. The van der Waals surface area contributed by atoms with Crippen LogP contribution in [0.3, 0.4) is 0 Å². The van der Waals surface area contributed by atoms with Crippen LogP contribution >= 0.6 is 22.7 Å². The lowest BCUT2D eigenvalue weighted by Gasteiger charge is -2.46. The summed E-state index contributed by atoms with van der Waals surface area (Å²) in [4.78, 5) is 5.56. The van der Waals surface area contributed by atoms with E-state index in [1.165, 1.54) is 229 Å². The Bertz CT molecular complexity index is 7370. The number of rotatable bonds is 4. The molecule has 0 radical (unpaired) electrons. The topological polar surface area (TPSA) is 16.3 Å². The first kappa shape index (κ1) is 63.0. The highest BCUT2D eigenvalue weighted by atomic mass is 32.1. The van der Waals surface area contributed by atoms with E-state index in [4.69, 9.17) is 0 Å². The fourth-order valence-electron chi connectivity index (χ4n) is 22.8.